The number of benzene rings is 1. The molecule has 2 unspecified atom stereocenters. The number of carbonyl (C=O) groups is 1. The van der Waals surface area contributed by atoms with Gasteiger partial charge in [0.05, 0.1) is 12.7 Å². The predicted molar refractivity (Wildman–Crippen MR) is 111 cm³/mol. The summed E-state index contributed by atoms with van der Waals surface area (Å²) < 4.78 is 11.0. The second-order valence-electron chi connectivity index (χ2n) is 7.02. The zero-order chi connectivity index (χ0) is 20.2. The molecular formula is C21H34N4O3. The average molecular weight is 391 g/mol. The molecule has 0 radical (unpaired) electrons. The van der Waals surface area contributed by atoms with Crippen molar-refractivity contribution >= 4 is 11.9 Å². The van der Waals surface area contributed by atoms with Crippen LogP contribution in [0.5, 0.6) is 0 Å². The van der Waals surface area contributed by atoms with Gasteiger partial charge < -0.3 is 25.4 Å². The summed E-state index contributed by atoms with van der Waals surface area (Å²) in [7, 11) is 1.61. The van der Waals surface area contributed by atoms with E-state index < -0.39 is 0 Å². The number of carbonyl (C=O) groups excluding carboxylic acids is 1. The number of hydrogen-bond donors (Lipinski definition) is 3. The van der Waals surface area contributed by atoms with E-state index in [1.807, 2.05) is 6.92 Å². The van der Waals surface area contributed by atoms with E-state index in [0.717, 1.165) is 32.5 Å². The fraction of sp³-hybridized carbons (Fsp3) is 0.619. The summed E-state index contributed by atoms with van der Waals surface area (Å²) in [5.41, 5.74) is 2.47. The molecule has 156 valence electrons. The van der Waals surface area contributed by atoms with Gasteiger partial charge in [-0.15, -0.1) is 0 Å². The lowest BCUT2D eigenvalue weighted by Gasteiger charge is -2.32. The van der Waals surface area contributed by atoms with Gasteiger partial charge in [-0.25, -0.2) is 4.99 Å². The van der Waals surface area contributed by atoms with Crippen molar-refractivity contribution < 1.29 is 14.3 Å². The minimum Gasteiger partial charge on any atom is -0.383 e. The molecule has 1 aliphatic rings. The first-order chi connectivity index (χ1) is 13.6. The molecule has 1 fully saturated rings. The van der Waals surface area contributed by atoms with Crippen LogP contribution in [0.2, 0.25) is 0 Å². The van der Waals surface area contributed by atoms with Crippen LogP contribution in [0.1, 0.15) is 37.0 Å². The lowest BCUT2D eigenvalue weighted by atomic mass is 9.89. The maximum Gasteiger partial charge on any atom is 0.241 e. The lowest BCUT2D eigenvalue weighted by Crippen LogP contribution is -2.42. The quantitative estimate of drug-likeness (QED) is 0.340. The summed E-state index contributed by atoms with van der Waals surface area (Å²) >= 11 is 0. The van der Waals surface area contributed by atoms with Crippen LogP contribution in [-0.4, -0.2) is 58.4 Å². The molecule has 1 aromatic rings. The molecule has 3 N–H and O–H groups in total. The van der Waals surface area contributed by atoms with Gasteiger partial charge >= 0.3 is 0 Å². The normalized spacial score (nSPS) is 19.9. The van der Waals surface area contributed by atoms with Gasteiger partial charge in [0.2, 0.25) is 5.91 Å². The lowest BCUT2D eigenvalue weighted by molar-refractivity contribution is -0.119. The molecule has 1 amide bonds. The van der Waals surface area contributed by atoms with Gasteiger partial charge in [0.1, 0.15) is 6.54 Å². The number of methoxy groups -OCH3 is 1. The van der Waals surface area contributed by atoms with E-state index in [1.165, 1.54) is 11.1 Å². The fourth-order valence-corrected chi connectivity index (χ4v) is 3.25. The maximum absolute atomic E-state index is 11.8. The van der Waals surface area contributed by atoms with Crippen molar-refractivity contribution in [2.75, 3.05) is 46.5 Å². The highest BCUT2D eigenvalue weighted by Gasteiger charge is 2.27. The smallest absolute Gasteiger partial charge is 0.241 e. The van der Waals surface area contributed by atoms with Crippen LogP contribution < -0.4 is 16.0 Å². The van der Waals surface area contributed by atoms with Crippen molar-refractivity contribution in [2.45, 2.75) is 32.8 Å². The molecule has 0 saturated carbocycles. The predicted octanol–water partition coefficient (Wildman–Crippen LogP) is 1.78. The Labute approximate surface area is 168 Å². The van der Waals surface area contributed by atoms with Crippen LogP contribution in [0.15, 0.2) is 29.3 Å². The minimum absolute atomic E-state index is 0.0849. The van der Waals surface area contributed by atoms with Crippen molar-refractivity contribution in [3.8, 4) is 0 Å². The van der Waals surface area contributed by atoms with Gasteiger partial charge in [-0.3, -0.25) is 4.79 Å². The first-order valence-corrected chi connectivity index (χ1v) is 10.1. The summed E-state index contributed by atoms with van der Waals surface area (Å²) in [5.74, 6) is 0.890. The van der Waals surface area contributed by atoms with Gasteiger partial charge in [-0.2, -0.15) is 0 Å². The highest BCUT2D eigenvalue weighted by atomic mass is 16.5. The van der Waals surface area contributed by atoms with E-state index in [-0.39, 0.29) is 18.6 Å². The van der Waals surface area contributed by atoms with E-state index in [4.69, 9.17) is 9.47 Å². The Morgan fingerprint density at radius 1 is 1.25 bits per heavy atom. The second-order valence-corrected chi connectivity index (χ2v) is 7.02. The largest absolute Gasteiger partial charge is 0.383 e. The summed E-state index contributed by atoms with van der Waals surface area (Å²) in [4.78, 5) is 16.2. The standard InChI is InChI=1S/C21H34N4O3/c1-4-22-21(25-15-19(26)23-11-13-27-3)24-14-18-6-5-12-28-20(18)17-9-7-16(2)8-10-17/h7-10,18,20H,4-6,11-15H2,1-3H3,(H,23,26)(H2,22,24,25). The van der Waals surface area contributed by atoms with Crippen molar-refractivity contribution in [2.24, 2.45) is 10.9 Å². The van der Waals surface area contributed by atoms with Crippen LogP contribution in [0.3, 0.4) is 0 Å². The highest BCUT2D eigenvalue weighted by molar-refractivity contribution is 5.84. The van der Waals surface area contributed by atoms with Crippen LogP contribution in [0.4, 0.5) is 0 Å². The fourth-order valence-electron chi connectivity index (χ4n) is 3.25. The van der Waals surface area contributed by atoms with Gasteiger partial charge in [0, 0.05) is 39.3 Å². The zero-order valence-corrected chi connectivity index (χ0v) is 17.3. The van der Waals surface area contributed by atoms with Crippen LogP contribution in [-0.2, 0) is 14.3 Å². The third kappa shape index (κ3) is 7.48. The first kappa shape index (κ1) is 22.2. The van der Waals surface area contributed by atoms with Crippen LogP contribution in [0.25, 0.3) is 0 Å². The molecule has 1 aliphatic heterocycles. The molecule has 0 aliphatic carbocycles. The average Bonchev–Trinajstić information content (AvgIpc) is 2.71. The summed E-state index contributed by atoms with van der Waals surface area (Å²) in [5, 5.41) is 9.35. The number of nitrogens with zero attached hydrogens (tertiary/aromatic N) is 1. The Morgan fingerprint density at radius 3 is 2.75 bits per heavy atom. The van der Waals surface area contributed by atoms with E-state index in [2.05, 4.69) is 52.1 Å². The molecule has 7 heteroatoms. The number of ether oxygens (including phenoxy) is 2. The molecule has 28 heavy (non-hydrogen) atoms. The SMILES string of the molecule is CCNC(=NCC(=O)NCCOC)NCC1CCCOC1c1ccc(C)cc1. The number of amides is 1. The third-order valence-electron chi connectivity index (χ3n) is 4.74. The Kier molecular flexibility index (Phi) is 9.79. The highest BCUT2D eigenvalue weighted by Crippen LogP contribution is 2.33. The molecule has 1 aromatic carbocycles. The van der Waals surface area contributed by atoms with Crippen molar-refractivity contribution in [3.05, 3.63) is 35.4 Å². The molecular weight excluding hydrogens is 356 g/mol. The summed E-state index contributed by atoms with van der Waals surface area (Å²) in [6, 6.07) is 8.57. The number of rotatable bonds is 9. The number of nitrogens with one attached hydrogen (secondary N) is 3. The third-order valence-corrected chi connectivity index (χ3v) is 4.74. The zero-order valence-electron chi connectivity index (χ0n) is 17.3. The van der Waals surface area contributed by atoms with E-state index in [1.54, 1.807) is 7.11 Å². The Hall–Kier alpha value is -2.12. The van der Waals surface area contributed by atoms with Gasteiger partial charge in [-0.1, -0.05) is 29.8 Å². The summed E-state index contributed by atoms with van der Waals surface area (Å²) in [6.45, 7) is 7.45. The molecule has 0 bridgehead atoms. The van der Waals surface area contributed by atoms with Crippen molar-refractivity contribution in [1.29, 1.82) is 0 Å². The number of guanidine groups is 1. The van der Waals surface area contributed by atoms with Crippen molar-refractivity contribution in [1.82, 2.24) is 16.0 Å². The van der Waals surface area contributed by atoms with E-state index >= 15 is 0 Å². The minimum atomic E-state index is -0.118. The van der Waals surface area contributed by atoms with Gasteiger partial charge in [-0.05, 0) is 32.3 Å². The monoisotopic (exact) mass is 390 g/mol. The number of aryl methyl sites for hydroxylation is 1. The van der Waals surface area contributed by atoms with Crippen LogP contribution in [0, 0.1) is 12.8 Å². The Morgan fingerprint density at radius 2 is 2.04 bits per heavy atom. The molecule has 7 nitrogen and oxygen atoms in total. The topological polar surface area (TPSA) is 84.0 Å². The van der Waals surface area contributed by atoms with Crippen molar-refractivity contribution in [3.63, 3.8) is 0 Å². The number of aliphatic imine (C=N–C) groups is 1. The Bertz CT molecular complexity index is 619. The first-order valence-electron chi connectivity index (χ1n) is 10.1. The molecule has 1 heterocycles. The van der Waals surface area contributed by atoms with Gasteiger partial charge in [0.25, 0.3) is 0 Å². The van der Waals surface area contributed by atoms with E-state index in [0.29, 0.717) is 25.0 Å². The van der Waals surface area contributed by atoms with Gasteiger partial charge in [0.15, 0.2) is 5.96 Å². The second kappa shape index (κ2) is 12.4. The molecule has 0 aromatic heterocycles. The maximum atomic E-state index is 11.8. The number of hydrogen-bond acceptors (Lipinski definition) is 4. The Balaban J connectivity index is 1.91. The molecule has 0 spiro atoms. The molecule has 1 saturated heterocycles. The molecule has 2 rings (SSSR count). The van der Waals surface area contributed by atoms with E-state index in [9.17, 15) is 4.79 Å². The molecule has 2 atom stereocenters. The summed E-state index contributed by atoms with van der Waals surface area (Å²) in [6.07, 6.45) is 2.24. The van der Waals surface area contributed by atoms with Crippen LogP contribution >= 0.6 is 0 Å².